The van der Waals surface area contributed by atoms with Gasteiger partial charge in [0.15, 0.2) is 0 Å². The first-order chi connectivity index (χ1) is 9.57. The van der Waals surface area contributed by atoms with Crippen LogP contribution in [0.1, 0.15) is 32.6 Å². The Hall–Kier alpha value is -0.0631. The molecule has 0 unspecified atom stereocenters. The predicted octanol–water partition coefficient (Wildman–Crippen LogP) is -0.484. The van der Waals surface area contributed by atoms with Gasteiger partial charge in [0.25, 0.3) is 0 Å². The second-order valence-electron chi connectivity index (χ2n) is 4.79. The van der Waals surface area contributed by atoms with Gasteiger partial charge in [-0.05, 0) is 51.9 Å². The highest BCUT2D eigenvalue weighted by molar-refractivity contribution is 6.57. The van der Waals surface area contributed by atoms with Gasteiger partial charge < -0.3 is 30.5 Å². The van der Waals surface area contributed by atoms with Crippen LogP contribution in [0.2, 0.25) is 0 Å². The average Bonchev–Trinajstić information content (AvgIpc) is 2.44. The minimum atomic E-state index is -2.93. The maximum atomic E-state index is 6.29. The van der Waals surface area contributed by atoms with E-state index in [0.717, 1.165) is 13.0 Å². The maximum Gasteiger partial charge on any atom is 0.596 e. The highest BCUT2D eigenvalue weighted by Gasteiger charge is 2.47. The summed E-state index contributed by atoms with van der Waals surface area (Å²) in [5, 5.41) is 0. The topological polar surface area (TPSA) is 118 Å². The molecule has 0 heterocycles. The van der Waals surface area contributed by atoms with Crippen LogP contribution < -0.4 is 22.2 Å². The predicted molar refractivity (Wildman–Crippen MR) is 82.9 cm³/mol. The van der Waals surface area contributed by atoms with Crippen LogP contribution in [0.5, 0.6) is 0 Å². The van der Waals surface area contributed by atoms with E-state index >= 15 is 0 Å². The van der Waals surface area contributed by atoms with E-state index in [9.17, 15) is 0 Å². The monoisotopic (exact) mass is 308 g/mol. The molecule has 0 aromatic rings. The van der Waals surface area contributed by atoms with Crippen molar-refractivity contribution in [3.8, 4) is 0 Å². The van der Waals surface area contributed by atoms with Crippen molar-refractivity contribution < 1.29 is 13.3 Å². The van der Waals surface area contributed by atoms with Crippen molar-refractivity contribution >= 4 is 8.97 Å². The first-order valence-electron chi connectivity index (χ1n) is 7.23. The van der Waals surface area contributed by atoms with Crippen LogP contribution in [0.25, 0.3) is 0 Å². The van der Waals surface area contributed by atoms with E-state index in [-0.39, 0.29) is 0 Å². The van der Waals surface area contributed by atoms with E-state index in [1.807, 2.05) is 0 Å². The third-order valence-corrected chi connectivity index (χ3v) is 5.74. The number of rotatable bonds is 13. The van der Waals surface area contributed by atoms with Crippen molar-refractivity contribution in [1.29, 1.82) is 0 Å². The zero-order chi connectivity index (χ0) is 15.5. The van der Waals surface area contributed by atoms with Crippen LogP contribution in [-0.2, 0) is 13.3 Å². The molecule has 0 rings (SSSR count). The normalized spacial score (nSPS) is 12.9. The largest absolute Gasteiger partial charge is 0.596 e. The van der Waals surface area contributed by atoms with E-state index in [0.29, 0.717) is 38.9 Å². The van der Waals surface area contributed by atoms with Crippen LogP contribution in [0, 0.1) is 0 Å². The fraction of sp³-hybridized carbons (Fsp3) is 1.00. The molecule has 0 saturated carbocycles. The molecule has 0 saturated heterocycles. The van der Waals surface area contributed by atoms with Crippen molar-refractivity contribution in [3.05, 3.63) is 0 Å². The van der Waals surface area contributed by atoms with Crippen LogP contribution in [0.15, 0.2) is 0 Å². The van der Waals surface area contributed by atoms with E-state index < -0.39 is 14.6 Å². The maximum absolute atomic E-state index is 6.29. The number of hydrogen-bond donors (Lipinski definition) is 4. The molecule has 0 amide bonds. The molecule has 122 valence electrons. The van der Waals surface area contributed by atoms with Gasteiger partial charge in [-0.25, -0.2) is 0 Å². The zero-order valence-corrected chi connectivity index (χ0v) is 14.1. The van der Waals surface area contributed by atoms with Gasteiger partial charge in [0.05, 0.1) is 5.60 Å². The molecular formula is C12H32N4O3Si. The molecule has 0 aliphatic carbocycles. The molecule has 0 aliphatic heterocycles. The van der Waals surface area contributed by atoms with Gasteiger partial charge in [-0.2, -0.15) is 0 Å². The SMILES string of the molecule is CCCN[Si](OC)(OC)OC(CCN)(CCN)CCN. The summed E-state index contributed by atoms with van der Waals surface area (Å²) >= 11 is 0. The van der Waals surface area contributed by atoms with E-state index in [4.69, 9.17) is 30.5 Å². The number of hydrogen-bond acceptors (Lipinski definition) is 7. The van der Waals surface area contributed by atoms with Gasteiger partial charge in [0.1, 0.15) is 0 Å². The van der Waals surface area contributed by atoms with Crippen LogP contribution in [0.3, 0.4) is 0 Å². The summed E-state index contributed by atoms with van der Waals surface area (Å²) in [6.07, 6.45) is 2.99. The van der Waals surface area contributed by atoms with Crippen LogP contribution in [-0.4, -0.2) is 55.0 Å². The Balaban J connectivity index is 5.11. The second kappa shape index (κ2) is 10.6. The summed E-state index contributed by atoms with van der Waals surface area (Å²) in [7, 11) is 0.259. The molecule has 7 nitrogen and oxygen atoms in total. The lowest BCUT2D eigenvalue weighted by Gasteiger charge is -2.40. The molecule has 0 aromatic heterocycles. The van der Waals surface area contributed by atoms with Gasteiger partial charge in [0, 0.05) is 14.2 Å². The summed E-state index contributed by atoms with van der Waals surface area (Å²) in [4.78, 5) is 3.26. The Kier molecular flexibility index (Phi) is 10.6. The Bertz CT molecular complexity index is 226. The van der Waals surface area contributed by atoms with Gasteiger partial charge in [0.2, 0.25) is 0 Å². The molecular weight excluding hydrogens is 276 g/mol. The molecule has 0 radical (unpaired) electrons. The second-order valence-corrected chi connectivity index (χ2v) is 7.28. The van der Waals surface area contributed by atoms with Crippen molar-refractivity contribution in [2.75, 3.05) is 40.4 Å². The summed E-state index contributed by atoms with van der Waals surface area (Å²) in [5.41, 5.74) is 16.7. The summed E-state index contributed by atoms with van der Waals surface area (Å²) in [6, 6.07) is 0. The van der Waals surface area contributed by atoms with Crippen LogP contribution >= 0.6 is 0 Å². The minimum Gasteiger partial charge on any atom is -0.364 e. The third-order valence-electron chi connectivity index (χ3n) is 3.28. The van der Waals surface area contributed by atoms with Crippen molar-refractivity contribution in [3.63, 3.8) is 0 Å². The molecule has 8 heteroatoms. The van der Waals surface area contributed by atoms with Gasteiger partial charge in [-0.3, -0.25) is 4.98 Å². The molecule has 0 spiro atoms. The van der Waals surface area contributed by atoms with E-state index in [1.165, 1.54) is 0 Å². The molecule has 0 fully saturated rings. The molecule has 0 aliphatic rings. The summed E-state index contributed by atoms with van der Waals surface area (Å²) < 4.78 is 17.4. The zero-order valence-electron chi connectivity index (χ0n) is 13.1. The average molecular weight is 308 g/mol. The van der Waals surface area contributed by atoms with Crippen molar-refractivity contribution in [1.82, 2.24) is 4.98 Å². The fourth-order valence-corrected chi connectivity index (χ4v) is 4.35. The number of nitrogens with two attached hydrogens (primary N) is 3. The molecule has 7 N–H and O–H groups in total. The Labute approximate surface area is 123 Å². The van der Waals surface area contributed by atoms with Crippen LogP contribution in [0.4, 0.5) is 0 Å². The number of nitrogens with one attached hydrogen (secondary N) is 1. The Morgan fingerprint density at radius 1 is 0.950 bits per heavy atom. The van der Waals surface area contributed by atoms with Gasteiger partial charge in [-0.1, -0.05) is 6.92 Å². The van der Waals surface area contributed by atoms with Gasteiger partial charge >= 0.3 is 8.97 Å². The highest BCUT2D eigenvalue weighted by atomic mass is 28.4. The molecule has 20 heavy (non-hydrogen) atoms. The first-order valence-corrected chi connectivity index (χ1v) is 8.95. The van der Waals surface area contributed by atoms with E-state index in [1.54, 1.807) is 14.2 Å². The molecule has 0 bridgehead atoms. The fourth-order valence-electron chi connectivity index (χ4n) is 2.23. The van der Waals surface area contributed by atoms with Crippen molar-refractivity contribution in [2.45, 2.75) is 38.2 Å². The lowest BCUT2D eigenvalue weighted by Crippen LogP contribution is -2.63. The first kappa shape index (κ1) is 19.9. The Morgan fingerprint density at radius 3 is 1.70 bits per heavy atom. The standard InChI is InChI=1S/C12H32N4O3Si/c1-4-11-16-20(17-2,18-3)19-12(5-8-13,6-9-14)7-10-15/h16H,4-11,13-15H2,1-3H3. The van der Waals surface area contributed by atoms with Gasteiger partial charge in [-0.15, -0.1) is 0 Å². The quantitative estimate of drug-likeness (QED) is 0.339. The van der Waals surface area contributed by atoms with E-state index in [2.05, 4.69) is 11.9 Å². The molecule has 0 atom stereocenters. The Morgan fingerprint density at radius 2 is 1.40 bits per heavy atom. The minimum absolute atomic E-state index is 0.489. The molecule has 0 aromatic carbocycles. The summed E-state index contributed by atoms with van der Waals surface area (Å²) in [6.45, 7) is 4.35. The summed E-state index contributed by atoms with van der Waals surface area (Å²) in [5.74, 6) is 0. The third kappa shape index (κ3) is 6.14. The highest BCUT2D eigenvalue weighted by Crippen LogP contribution is 2.28. The van der Waals surface area contributed by atoms with Crippen molar-refractivity contribution in [2.24, 2.45) is 17.2 Å². The lowest BCUT2D eigenvalue weighted by molar-refractivity contribution is -0.0360. The smallest absolute Gasteiger partial charge is 0.364 e. The lowest BCUT2D eigenvalue weighted by atomic mass is 9.92.